The number of carbonyl (C=O) groups is 1. The summed E-state index contributed by atoms with van der Waals surface area (Å²) in [4.78, 5) is 14.3. The van der Waals surface area contributed by atoms with E-state index in [0.717, 1.165) is 17.7 Å². The van der Waals surface area contributed by atoms with Gasteiger partial charge < -0.3 is 4.90 Å². The number of halogens is 2. The SMILES string of the molecule is CC(C)C1=NN=C(Br)C1(c1ccc(F)cc1)N1CCCC1=O. The van der Waals surface area contributed by atoms with Crippen LogP contribution in [-0.4, -0.2) is 27.7 Å². The van der Waals surface area contributed by atoms with Gasteiger partial charge in [-0.1, -0.05) is 26.0 Å². The van der Waals surface area contributed by atoms with Crippen molar-refractivity contribution in [3.05, 3.63) is 35.6 Å². The second-order valence-electron chi connectivity index (χ2n) is 5.90. The van der Waals surface area contributed by atoms with Crippen molar-refractivity contribution in [2.24, 2.45) is 16.1 Å². The lowest BCUT2D eigenvalue weighted by Crippen LogP contribution is -2.56. The molecule has 1 aromatic carbocycles. The highest BCUT2D eigenvalue weighted by atomic mass is 79.9. The molecule has 1 atom stereocenters. The Balaban J connectivity index is 2.22. The summed E-state index contributed by atoms with van der Waals surface area (Å²) in [5.41, 5.74) is 0.779. The average molecular weight is 366 g/mol. The molecule has 2 aliphatic rings. The van der Waals surface area contributed by atoms with Gasteiger partial charge in [0.15, 0.2) is 5.54 Å². The minimum Gasteiger partial charge on any atom is -0.322 e. The zero-order chi connectivity index (χ0) is 15.9. The topological polar surface area (TPSA) is 45.0 Å². The quantitative estimate of drug-likeness (QED) is 0.808. The fraction of sp³-hybridized carbons (Fsp3) is 0.438. The van der Waals surface area contributed by atoms with Gasteiger partial charge in [0, 0.05) is 13.0 Å². The van der Waals surface area contributed by atoms with Gasteiger partial charge in [-0.05, 0) is 46.0 Å². The van der Waals surface area contributed by atoms with Gasteiger partial charge in [0.2, 0.25) is 5.91 Å². The van der Waals surface area contributed by atoms with Gasteiger partial charge in [-0.15, -0.1) is 5.10 Å². The van der Waals surface area contributed by atoms with Crippen LogP contribution >= 0.6 is 15.9 Å². The summed E-state index contributed by atoms with van der Waals surface area (Å²) < 4.78 is 13.9. The molecule has 0 saturated carbocycles. The number of hydrogen-bond acceptors (Lipinski definition) is 3. The molecule has 3 rings (SSSR count). The van der Waals surface area contributed by atoms with Crippen molar-refractivity contribution in [1.82, 2.24) is 4.90 Å². The Morgan fingerprint density at radius 1 is 1.27 bits per heavy atom. The summed E-state index contributed by atoms with van der Waals surface area (Å²) >= 11 is 3.51. The Hall–Kier alpha value is -1.56. The zero-order valence-electron chi connectivity index (χ0n) is 12.5. The molecule has 0 spiro atoms. The first-order chi connectivity index (χ1) is 10.5. The van der Waals surface area contributed by atoms with Crippen LogP contribution in [0.25, 0.3) is 0 Å². The number of hydrogen-bond donors (Lipinski definition) is 0. The Labute approximate surface area is 137 Å². The van der Waals surface area contributed by atoms with E-state index in [2.05, 4.69) is 26.1 Å². The molecular formula is C16H17BrFN3O. The predicted molar refractivity (Wildman–Crippen MR) is 87.7 cm³/mol. The van der Waals surface area contributed by atoms with Crippen molar-refractivity contribution in [1.29, 1.82) is 0 Å². The lowest BCUT2D eigenvalue weighted by molar-refractivity contribution is -0.129. The minimum absolute atomic E-state index is 0.0757. The van der Waals surface area contributed by atoms with Gasteiger partial charge in [0.1, 0.15) is 10.4 Å². The molecule has 116 valence electrons. The molecule has 1 amide bonds. The number of benzene rings is 1. The van der Waals surface area contributed by atoms with E-state index in [1.165, 1.54) is 12.1 Å². The maximum Gasteiger partial charge on any atom is 0.224 e. The Morgan fingerprint density at radius 2 is 1.95 bits per heavy atom. The third-order valence-corrected chi connectivity index (χ3v) is 4.93. The second-order valence-corrected chi connectivity index (χ2v) is 6.65. The van der Waals surface area contributed by atoms with Crippen molar-refractivity contribution in [2.75, 3.05) is 6.54 Å². The van der Waals surface area contributed by atoms with Gasteiger partial charge in [-0.25, -0.2) is 4.39 Å². The molecule has 1 fully saturated rings. The molecule has 1 saturated heterocycles. The molecule has 1 aromatic rings. The van der Waals surface area contributed by atoms with Crippen LogP contribution in [0, 0.1) is 11.7 Å². The Morgan fingerprint density at radius 3 is 2.50 bits per heavy atom. The number of carbonyl (C=O) groups excluding carboxylic acids is 1. The van der Waals surface area contributed by atoms with Crippen molar-refractivity contribution >= 4 is 32.2 Å². The summed E-state index contributed by atoms with van der Waals surface area (Å²) in [7, 11) is 0. The molecule has 0 aliphatic carbocycles. The van der Waals surface area contributed by atoms with Gasteiger partial charge in [0.05, 0.1) is 5.71 Å². The maximum atomic E-state index is 13.4. The summed E-state index contributed by atoms with van der Waals surface area (Å²) in [6.07, 6.45) is 1.34. The highest BCUT2D eigenvalue weighted by Gasteiger charge is 2.53. The Kier molecular flexibility index (Phi) is 3.89. The zero-order valence-corrected chi connectivity index (χ0v) is 14.1. The lowest BCUT2D eigenvalue weighted by Gasteiger charge is -2.40. The molecular weight excluding hydrogens is 349 g/mol. The molecule has 4 nitrogen and oxygen atoms in total. The molecule has 2 heterocycles. The number of likely N-dealkylation sites (tertiary alicyclic amines) is 1. The van der Waals surface area contributed by atoms with Crippen LogP contribution in [0.3, 0.4) is 0 Å². The van der Waals surface area contributed by atoms with E-state index in [1.807, 2.05) is 18.7 Å². The maximum absolute atomic E-state index is 13.4. The first kappa shape index (κ1) is 15.3. The number of nitrogens with zero attached hydrogens (tertiary/aromatic N) is 3. The van der Waals surface area contributed by atoms with E-state index in [4.69, 9.17) is 0 Å². The van der Waals surface area contributed by atoms with Crippen molar-refractivity contribution in [3.63, 3.8) is 0 Å². The molecule has 1 unspecified atom stereocenters. The van der Waals surface area contributed by atoms with Gasteiger partial charge in [-0.3, -0.25) is 4.79 Å². The average Bonchev–Trinajstić information content (AvgIpc) is 3.04. The van der Waals surface area contributed by atoms with E-state index in [1.54, 1.807) is 12.1 Å². The summed E-state index contributed by atoms with van der Waals surface area (Å²) in [6.45, 7) is 4.70. The monoisotopic (exact) mass is 365 g/mol. The fourth-order valence-corrected chi connectivity index (χ4v) is 3.97. The van der Waals surface area contributed by atoms with Crippen molar-refractivity contribution in [2.45, 2.75) is 32.2 Å². The van der Waals surface area contributed by atoms with E-state index in [0.29, 0.717) is 17.6 Å². The van der Waals surface area contributed by atoms with Crippen LogP contribution in [0.2, 0.25) is 0 Å². The third-order valence-electron chi connectivity index (χ3n) is 4.20. The van der Waals surface area contributed by atoms with Gasteiger partial charge in [0.25, 0.3) is 0 Å². The summed E-state index contributed by atoms with van der Waals surface area (Å²) in [5, 5.41) is 8.52. The number of amides is 1. The first-order valence-electron chi connectivity index (χ1n) is 7.36. The van der Waals surface area contributed by atoms with Crippen LogP contribution in [-0.2, 0) is 10.3 Å². The van der Waals surface area contributed by atoms with Crippen LogP contribution < -0.4 is 0 Å². The highest BCUT2D eigenvalue weighted by molar-refractivity contribution is 9.18. The third kappa shape index (κ3) is 2.12. The smallest absolute Gasteiger partial charge is 0.224 e. The van der Waals surface area contributed by atoms with Gasteiger partial charge >= 0.3 is 0 Å². The van der Waals surface area contributed by atoms with E-state index in [9.17, 15) is 9.18 Å². The summed E-state index contributed by atoms with van der Waals surface area (Å²) in [5.74, 6) is -0.121. The van der Waals surface area contributed by atoms with E-state index >= 15 is 0 Å². The van der Waals surface area contributed by atoms with E-state index < -0.39 is 5.54 Å². The predicted octanol–water partition coefficient (Wildman–Crippen LogP) is 3.46. The van der Waals surface area contributed by atoms with Crippen LogP contribution in [0.15, 0.2) is 34.5 Å². The normalized spacial score (nSPS) is 25.0. The van der Waals surface area contributed by atoms with E-state index in [-0.39, 0.29) is 17.6 Å². The molecule has 6 heteroatoms. The van der Waals surface area contributed by atoms with Crippen molar-refractivity contribution in [3.8, 4) is 0 Å². The minimum atomic E-state index is -0.838. The van der Waals surface area contributed by atoms with Crippen LogP contribution in [0.4, 0.5) is 4.39 Å². The molecule has 0 radical (unpaired) electrons. The molecule has 0 aromatic heterocycles. The van der Waals surface area contributed by atoms with Crippen molar-refractivity contribution < 1.29 is 9.18 Å². The molecule has 0 N–H and O–H groups in total. The second kappa shape index (κ2) is 5.57. The molecule has 2 aliphatic heterocycles. The summed E-state index contributed by atoms with van der Waals surface area (Å²) in [6, 6.07) is 6.24. The standard InChI is InChI=1S/C16H17BrFN3O/c1-10(2)14-16(15(17)20-19-14,21-9-3-4-13(21)22)11-5-7-12(18)8-6-11/h5-8,10H,3-4,9H2,1-2H3. The van der Waals surface area contributed by atoms with Gasteiger partial charge in [-0.2, -0.15) is 5.10 Å². The highest BCUT2D eigenvalue weighted by Crippen LogP contribution is 2.42. The fourth-order valence-electron chi connectivity index (χ4n) is 3.25. The molecule has 22 heavy (non-hydrogen) atoms. The Bertz CT molecular complexity index is 668. The molecule has 0 bridgehead atoms. The number of rotatable bonds is 3. The van der Waals surface area contributed by atoms with Crippen LogP contribution in [0.1, 0.15) is 32.3 Å². The lowest BCUT2D eigenvalue weighted by atomic mass is 9.80. The largest absolute Gasteiger partial charge is 0.322 e. The van der Waals surface area contributed by atoms with Crippen LogP contribution in [0.5, 0.6) is 0 Å². The first-order valence-corrected chi connectivity index (χ1v) is 8.15.